The molecule has 36 heavy (non-hydrogen) atoms. The standard InChI is InChI=1S/C28H36N2O6/c1-19-16-29(18-22-9-8-21(14-27(31)32)13-25(22)35-3)28(33)30(17-19)23-10-11-24(34-2)26(15-23)36-12-4-5-20-6-7-20/h8-11,13,15,19-20H,4-7,12,14,16-18H2,1-3H3,(H,31,32). The number of hydrogen-bond acceptors (Lipinski definition) is 5. The van der Waals surface area contributed by atoms with Gasteiger partial charge in [0.15, 0.2) is 11.5 Å². The molecule has 2 aromatic carbocycles. The first kappa shape index (κ1) is 25.7. The fourth-order valence-electron chi connectivity index (χ4n) is 4.74. The molecular formula is C28H36N2O6. The zero-order valence-corrected chi connectivity index (χ0v) is 21.4. The third kappa shape index (κ3) is 6.42. The molecule has 2 aromatic rings. The fourth-order valence-corrected chi connectivity index (χ4v) is 4.74. The Kier molecular flexibility index (Phi) is 8.23. The Labute approximate surface area is 212 Å². The summed E-state index contributed by atoms with van der Waals surface area (Å²) < 4.78 is 17.1. The Hall–Kier alpha value is -3.42. The Morgan fingerprint density at radius 1 is 1.03 bits per heavy atom. The van der Waals surface area contributed by atoms with Crippen molar-refractivity contribution in [2.24, 2.45) is 11.8 Å². The van der Waals surface area contributed by atoms with Crippen LogP contribution in [0.25, 0.3) is 0 Å². The molecule has 1 heterocycles. The minimum absolute atomic E-state index is 0.0768. The number of benzene rings is 2. The van der Waals surface area contributed by atoms with Crippen LogP contribution >= 0.6 is 0 Å². The normalized spacial score (nSPS) is 17.8. The molecule has 2 fully saturated rings. The molecule has 4 rings (SSSR count). The van der Waals surface area contributed by atoms with Gasteiger partial charge in [-0.05, 0) is 48.4 Å². The molecule has 1 N–H and O–H groups in total. The summed E-state index contributed by atoms with van der Waals surface area (Å²) in [6.07, 6.45) is 4.80. The maximum atomic E-state index is 13.6. The number of carboxylic acid groups (broad SMARTS) is 1. The number of aliphatic carboxylic acids is 1. The first-order valence-electron chi connectivity index (χ1n) is 12.6. The van der Waals surface area contributed by atoms with E-state index in [-0.39, 0.29) is 18.4 Å². The Balaban J connectivity index is 1.49. The van der Waals surface area contributed by atoms with Gasteiger partial charge in [-0.15, -0.1) is 0 Å². The highest BCUT2D eigenvalue weighted by molar-refractivity contribution is 5.93. The molecule has 0 spiro atoms. The van der Waals surface area contributed by atoms with Crippen LogP contribution in [0, 0.1) is 11.8 Å². The van der Waals surface area contributed by atoms with Crippen LogP contribution in [0.1, 0.15) is 43.7 Å². The predicted molar refractivity (Wildman–Crippen MR) is 137 cm³/mol. The average Bonchev–Trinajstić information content (AvgIpc) is 3.68. The largest absolute Gasteiger partial charge is 0.496 e. The maximum Gasteiger partial charge on any atom is 0.324 e. The van der Waals surface area contributed by atoms with Gasteiger partial charge >= 0.3 is 12.0 Å². The molecule has 8 heteroatoms. The first-order valence-corrected chi connectivity index (χ1v) is 12.6. The minimum atomic E-state index is -0.897. The van der Waals surface area contributed by atoms with Crippen molar-refractivity contribution in [2.45, 2.75) is 45.6 Å². The van der Waals surface area contributed by atoms with Gasteiger partial charge in [0, 0.05) is 30.4 Å². The molecule has 1 aliphatic carbocycles. The minimum Gasteiger partial charge on any atom is -0.496 e. The van der Waals surface area contributed by atoms with Crippen LogP contribution in [0.15, 0.2) is 36.4 Å². The zero-order valence-electron chi connectivity index (χ0n) is 21.4. The van der Waals surface area contributed by atoms with Gasteiger partial charge in [-0.25, -0.2) is 4.79 Å². The quantitative estimate of drug-likeness (QED) is 0.417. The summed E-state index contributed by atoms with van der Waals surface area (Å²) in [6, 6.07) is 10.9. The van der Waals surface area contributed by atoms with E-state index in [0.29, 0.717) is 49.1 Å². The molecule has 0 aromatic heterocycles. The number of carbonyl (C=O) groups excluding carboxylic acids is 1. The molecule has 2 aliphatic rings. The van der Waals surface area contributed by atoms with Crippen molar-refractivity contribution in [1.29, 1.82) is 0 Å². The number of nitrogens with zero attached hydrogens (tertiary/aromatic N) is 2. The molecule has 1 atom stereocenters. The average molecular weight is 497 g/mol. The van der Waals surface area contributed by atoms with Crippen LogP contribution in [0.2, 0.25) is 0 Å². The van der Waals surface area contributed by atoms with Crippen LogP contribution in [0.4, 0.5) is 10.5 Å². The molecule has 0 radical (unpaired) electrons. The second-order valence-electron chi connectivity index (χ2n) is 9.86. The van der Waals surface area contributed by atoms with Gasteiger partial charge in [-0.3, -0.25) is 9.69 Å². The highest BCUT2D eigenvalue weighted by Crippen LogP contribution is 2.36. The third-order valence-corrected chi connectivity index (χ3v) is 6.77. The summed E-state index contributed by atoms with van der Waals surface area (Å²) in [4.78, 5) is 28.2. The van der Waals surface area contributed by atoms with E-state index < -0.39 is 5.97 Å². The molecule has 194 valence electrons. The van der Waals surface area contributed by atoms with Gasteiger partial charge in [0.1, 0.15) is 5.75 Å². The molecular weight excluding hydrogens is 460 g/mol. The lowest BCUT2D eigenvalue weighted by Gasteiger charge is -2.39. The molecule has 1 unspecified atom stereocenters. The van der Waals surface area contributed by atoms with Crippen molar-refractivity contribution in [3.8, 4) is 17.2 Å². The summed E-state index contributed by atoms with van der Waals surface area (Å²) in [5.41, 5.74) is 2.27. The molecule has 0 bridgehead atoms. The Bertz CT molecular complexity index is 1080. The third-order valence-electron chi connectivity index (χ3n) is 6.77. The van der Waals surface area contributed by atoms with E-state index >= 15 is 0 Å². The SMILES string of the molecule is COc1cc(CC(=O)O)ccc1CN1CC(C)CN(c2ccc(OC)c(OCCCC3CC3)c2)C1=O. The van der Waals surface area contributed by atoms with Crippen molar-refractivity contribution in [1.82, 2.24) is 4.90 Å². The Morgan fingerprint density at radius 2 is 1.81 bits per heavy atom. The van der Waals surface area contributed by atoms with Crippen LogP contribution in [0.5, 0.6) is 17.2 Å². The lowest BCUT2D eigenvalue weighted by molar-refractivity contribution is -0.136. The summed E-state index contributed by atoms with van der Waals surface area (Å²) in [5.74, 6) is 2.12. The van der Waals surface area contributed by atoms with Crippen molar-refractivity contribution >= 4 is 17.7 Å². The van der Waals surface area contributed by atoms with Crippen LogP contribution in [-0.2, 0) is 17.8 Å². The lowest BCUT2D eigenvalue weighted by Crippen LogP contribution is -2.52. The predicted octanol–water partition coefficient (Wildman–Crippen LogP) is 4.98. The highest BCUT2D eigenvalue weighted by Gasteiger charge is 2.32. The van der Waals surface area contributed by atoms with Gasteiger partial charge in [0.2, 0.25) is 0 Å². The van der Waals surface area contributed by atoms with Gasteiger partial charge in [0.05, 0.1) is 33.8 Å². The topological polar surface area (TPSA) is 88.5 Å². The summed E-state index contributed by atoms with van der Waals surface area (Å²) in [6.45, 7) is 4.35. The van der Waals surface area contributed by atoms with Crippen molar-refractivity contribution in [2.75, 3.05) is 38.8 Å². The maximum absolute atomic E-state index is 13.6. The van der Waals surface area contributed by atoms with E-state index in [9.17, 15) is 9.59 Å². The van der Waals surface area contributed by atoms with E-state index in [1.807, 2.05) is 29.2 Å². The van der Waals surface area contributed by atoms with Gasteiger partial charge in [0.25, 0.3) is 0 Å². The fraction of sp³-hybridized carbons (Fsp3) is 0.500. The number of carboxylic acids is 1. The van der Waals surface area contributed by atoms with E-state index in [1.165, 1.54) is 19.3 Å². The second kappa shape index (κ2) is 11.5. The van der Waals surface area contributed by atoms with Crippen molar-refractivity contribution in [3.63, 3.8) is 0 Å². The smallest absolute Gasteiger partial charge is 0.324 e. The molecule has 1 saturated heterocycles. The number of ether oxygens (including phenoxy) is 3. The van der Waals surface area contributed by atoms with E-state index in [1.54, 1.807) is 31.3 Å². The van der Waals surface area contributed by atoms with Gasteiger partial charge in [-0.2, -0.15) is 0 Å². The number of methoxy groups -OCH3 is 2. The molecule has 8 nitrogen and oxygen atoms in total. The Morgan fingerprint density at radius 3 is 2.50 bits per heavy atom. The van der Waals surface area contributed by atoms with Crippen molar-refractivity contribution in [3.05, 3.63) is 47.5 Å². The van der Waals surface area contributed by atoms with Crippen molar-refractivity contribution < 1.29 is 28.9 Å². The number of rotatable bonds is 12. The first-order chi connectivity index (χ1) is 17.4. The number of hydrogen-bond donors (Lipinski definition) is 1. The van der Waals surface area contributed by atoms with Gasteiger partial charge < -0.3 is 24.2 Å². The number of urea groups is 1. The number of anilines is 1. The molecule has 2 amide bonds. The van der Waals surface area contributed by atoms with Gasteiger partial charge in [-0.1, -0.05) is 31.9 Å². The molecule has 1 aliphatic heterocycles. The summed E-state index contributed by atoms with van der Waals surface area (Å²) in [5, 5.41) is 9.08. The van der Waals surface area contributed by atoms with E-state index in [2.05, 4.69) is 6.92 Å². The van der Waals surface area contributed by atoms with E-state index in [0.717, 1.165) is 23.6 Å². The molecule has 1 saturated carbocycles. The number of carbonyl (C=O) groups is 2. The second-order valence-corrected chi connectivity index (χ2v) is 9.86. The zero-order chi connectivity index (χ0) is 25.7. The van der Waals surface area contributed by atoms with E-state index in [4.69, 9.17) is 19.3 Å². The van der Waals surface area contributed by atoms with Crippen LogP contribution in [0.3, 0.4) is 0 Å². The summed E-state index contributed by atoms with van der Waals surface area (Å²) in [7, 11) is 3.18. The summed E-state index contributed by atoms with van der Waals surface area (Å²) >= 11 is 0. The number of amides is 2. The lowest BCUT2D eigenvalue weighted by atomic mass is 10.0. The van der Waals surface area contributed by atoms with Crippen LogP contribution in [-0.4, -0.2) is 55.9 Å². The highest BCUT2D eigenvalue weighted by atomic mass is 16.5. The van der Waals surface area contributed by atoms with Crippen LogP contribution < -0.4 is 19.1 Å². The monoisotopic (exact) mass is 496 g/mol.